The minimum atomic E-state index is -4.09. The van der Waals surface area contributed by atoms with Crippen LogP contribution in [0.4, 0.5) is 11.4 Å². The van der Waals surface area contributed by atoms with Crippen molar-refractivity contribution in [2.75, 3.05) is 31.2 Å². The first-order chi connectivity index (χ1) is 15.5. The van der Waals surface area contributed by atoms with Gasteiger partial charge in [-0.3, -0.25) is 9.52 Å². The summed E-state index contributed by atoms with van der Waals surface area (Å²) < 4.78 is 58.7. The number of carbonyl (C=O) groups excluding carboxylic acids is 1. The molecule has 0 saturated heterocycles. The zero-order valence-electron chi connectivity index (χ0n) is 18.1. The van der Waals surface area contributed by atoms with Gasteiger partial charge in [-0.25, -0.2) is 21.1 Å². The maximum absolute atomic E-state index is 12.9. The second-order valence-corrected chi connectivity index (χ2v) is 10.9. The third-order valence-corrected chi connectivity index (χ3v) is 7.89. The van der Waals surface area contributed by atoms with Gasteiger partial charge in [0.15, 0.2) is 0 Å². The van der Waals surface area contributed by atoms with Gasteiger partial charge in [-0.05, 0) is 60.7 Å². The Kier molecular flexibility index (Phi) is 7.06. The van der Waals surface area contributed by atoms with E-state index in [4.69, 9.17) is 4.74 Å². The molecule has 0 aliphatic carbocycles. The number of nitrogens with zero attached hydrogens (tertiary/aromatic N) is 1. The molecule has 0 saturated carbocycles. The molecule has 0 unspecified atom stereocenters. The largest absolute Gasteiger partial charge is 0.497 e. The molecule has 0 aliphatic heterocycles. The topological polar surface area (TPSA) is 122 Å². The van der Waals surface area contributed by atoms with Crippen LogP contribution in [0.2, 0.25) is 0 Å². The summed E-state index contributed by atoms with van der Waals surface area (Å²) in [7, 11) is -3.48. The van der Waals surface area contributed by atoms with E-state index in [1.807, 2.05) is 0 Å². The molecule has 174 valence electrons. The maximum Gasteiger partial charge on any atom is 0.261 e. The minimum absolute atomic E-state index is 0.0364. The lowest BCUT2D eigenvalue weighted by Gasteiger charge is -2.14. The van der Waals surface area contributed by atoms with Crippen LogP contribution < -0.4 is 14.8 Å². The normalized spacial score (nSPS) is 11.8. The van der Waals surface area contributed by atoms with E-state index in [0.29, 0.717) is 11.4 Å². The quantitative estimate of drug-likeness (QED) is 0.502. The highest BCUT2D eigenvalue weighted by molar-refractivity contribution is 7.92. The predicted octanol–water partition coefficient (Wildman–Crippen LogP) is 3.00. The van der Waals surface area contributed by atoms with E-state index < -0.39 is 26.0 Å². The molecule has 33 heavy (non-hydrogen) atoms. The number of benzene rings is 3. The van der Waals surface area contributed by atoms with Gasteiger partial charge in [-0.1, -0.05) is 12.1 Å². The van der Waals surface area contributed by atoms with Gasteiger partial charge in [0.25, 0.3) is 15.9 Å². The summed E-state index contributed by atoms with van der Waals surface area (Å²) in [4.78, 5) is 12.6. The standard InChI is InChI=1S/C22H23N3O6S2/c1-25(2)33(29,30)19-14-12-18(13-15-19)32(27,28)24-21-7-5-4-6-20(21)22(26)23-16-8-10-17(31-3)11-9-16/h4-15,24H,1-3H3,(H,23,26). The van der Waals surface area contributed by atoms with Crippen LogP contribution in [0.15, 0.2) is 82.6 Å². The van der Waals surface area contributed by atoms with Gasteiger partial charge < -0.3 is 10.1 Å². The fraction of sp³-hybridized carbons (Fsp3) is 0.136. The Bertz CT molecular complexity index is 1350. The first kappa shape index (κ1) is 24.2. The van der Waals surface area contributed by atoms with Gasteiger partial charge in [-0.2, -0.15) is 0 Å². The van der Waals surface area contributed by atoms with Crippen LogP contribution in [0.1, 0.15) is 10.4 Å². The van der Waals surface area contributed by atoms with Gasteiger partial charge in [0, 0.05) is 19.8 Å². The van der Waals surface area contributed by atoms with Crippen LogP contribution in [0.25, 0.3) is 0 Å². The van der Waals surface area contributed by atoms with E-state index in [0.717, 1.165) is 4.31 Å². The van der Waals surface area contributed by atoms with Crippen molar-refractivity contribution < 1.29 is 26.4 Å². The fourth-order valence-electron chi connectivity index (χ4n) is 2.85. The Morgan fingerprint density at radius 1 is 0.818 bits per heavy atom. The summed E-state index contributed by atoms with van der Waals surface area (Å²) in [6.07, 6.45) is 0. The molecule has 11 heteroatoms. The molecule has 0 spiro atoms. The second-order valence-electron chi connectivity index (χ2n) is 7.09. The molecule has 3 rings (SSSR count). The Morgan fingerprint density at radius 2 is 1.39 bits per heavy atom. The molecule has 0 atom stereocenters. The summed E-state index contributed by atoms with van der Waals surface area (Å²) >= 11 is 0. The highest BCUT2D eigenvalue weighted by Crippen LogP contribution is 2.23. The number of anilines is 2. The number of rotatable bonds is 8. The predicted molar refractivity (Wildman–Crippen MR) is 126 cm³/mol. The Balaban J connectivity index is 1.84. The van der Waals surface area contributed by atoms with Crippen molar-refractivity contribution >= 4 is 37.3 Å². The highest BCUT2D eigenvalue weighted by Gasteiger charge is 2.21. The molecule has 0 aliphatic rings. The van der Waals surface area contributed by atoms with E-state index >= 15 is 0 Å². The molecule has 0 aromatic heterocycles. The van der Waals surface area contributed by atoms with Crippen LogP contribution >= 0.6 is 0 Å². The number of para-hydroxylation sites is 1. The molecule has 1 amide bonds. The first-order valence-electron chi connectivity index (χ1n) is 9.64. The van der Waals surface area contributed by atoms with Gasteiger partial charge in [0.2, 0.25) is 10.0 Å². The van der Waals surface area contributed by atoms with Gasteiger partial charge >= 0.3 is 0 Å². The number of amides is 1. The summed E-state index contributed by atoms with van der Waals surface area (Å²) in [5, 5.41) is 2.71. The number of hydrogen-bond donors (Lipinski definition) is 2. The second kappa shape index (κ2) is 9.61. The lowest BCUT2D eigenvalue weighted by Crippen LogP contribution is -2.22. The Morgan fingerprint density at radius 3 is 1.97 bits per heavy atom. The Labute approximate surface area is 193 Å². The van der Waals surface area contributed by atoms with Gasteiger partial charge in [0.1, 0.15) is 5.75 Å². The summed E-state index contributed by atoms with van der Waals surface area (Å²) in [5.74, 6) is 0.122. The summed E-state index contributed by atoms with van der Waals surface area (Å²) in [6.45, 7) is 0. The molecular formula is C22H23N3O6S2. The number of nitrogens with one attached hydrogen (secondary N) is 2. The van der Waals surface area contributed by atoms with Crippen molar-refractivity contribution in [3.8, 4) is 5.75 Å². The average molecular weight is 490 g/mol. The van der Waals surface area contributed by atoms with Crippen molar-refractivity contribution in [1.82, 2.24) is 4.31 Å². The maximum atomic E-state index is 12.9. The summed E-state index contributed by atoms with van der Waals surface area (Å²) in [5.41, 5.74) is 0.702. The van der Waals surface area contributed by atoms with Crippen molar-refractivity contribution in [3.63, 3.8) is 0 Å². The van der Waals surface area contributed by atoms with Gasteiger partial charge in [-0.15, -0.1) is 0 Å². The zero-order chi connectivity index (χ0) is 24.2. The number of hydrogen-bond acceptors (Lipinski definition) is 6. The van der Waals surface area contributed by atoms with Crippen LogP contribution in [0.3, 0.4) is 0 Å². The third kappa shape index (κ3) is 5.51. The SMILES string of the molecule is COc1ccc(NC(=O)c2ccccc2NS(=O)(=O)c2ccc(S(=O)(=O)N(C)C)cc2)cc1. The number of methoxy groups -OCH3 is 1. The van der Waals surface area contributed by atoms with Crippen LogP contribution in [-0.2, 0) is 20.0 Å². The fourth-order valence-corrected chi connectivity index (χ4v) is 4.83. The van der Waals surface area contributed by atoms with Crippen molar-refractivity contribution in [1.29, 1.82) is 0 Å². The lowest BCUT2D eigenvalue weighted by atomic mass is 10.1. The zero-order valence-corrected chi connectivity index (χ0v) is 19.8. The molecular weight excluding hydrogens is 466 g/mol. The molecule has 0 heterocycles. The number of ether oxygens (including phenoxy) is 1. The van der Waals surface area contributed by atoms with Gasteiger partial charge in [0.05, 0.1) is 28.2 Å². The van der Waals surface area contributed by atoms with E-state index in [2.05, 4.69) is 10.0 Å². The van der Waals surface area contributed by atoms with E-state index in [9.17, 15) is 21.6 Å². The number of sulfonamides is 2. The van der Waals surface area contributed by atoms with Crippen LogP contribution in [-0.4, -0.2) is 48.3 Å². The van der Waals surface area contributed by atoms with Crippen molar-refractivity contribution in [2.24, 2.45) is 0 Å². The Hall–Kier alpha value is -3.41. The van der Waals surface area contributed by atoms with Crippen molar-refractivity contribution in [3.05, 3.63) is 78.4 Å². The minimum Gasteiger partial charge on any atom is -0.497 e. The van der Waals surface area contributed by atoms with Crippen LogP contribution in [0.5, 0.6) is 5.75 Å². The van der Waals surface area contributed by atoms with E-state index in [1.54, 1.807) is 36.4 Å². The molecule has 0 fully saturated rings. The molecule has 3 aromatic rings. The molecule has 9 nitrogen and oxygen atoms in total. The van der Waals surface area contributed by atoms with Crippen LogP contribution in [0, 0.1) is 0 Å². The first-order valence-corrected chi connectivity index (χ1v) is 12.6. The third-order valence-electron chi connectivity index (χ3n) is 4.68. The monoisotopic (exact) mass is 489 g/mol. The van der Waals surface area contributed by atoms with Crippen molar-refractivity contribution in [2.45, 2.75) is 9.79 Å². The molecule has 3 aromatic carbocycles. The molecule has 0 bridgehead atoms. The van der Waals surface area contributed by atoms with E-state index in [-0.39, 0.29) is 21.0 Å². The summed E-state index contributed by atoms with van der Waals surface area (Å²) in [6, 6.07) is 17.7. The van der Waals surface area contributed by atoms with E-state index in [1.165, 1.54) is 57.6 Å². The molecule has 2 N–H and O–H groups in total. The highest BCUT2D eigenvalue weighted by atomic mass is 32.2. The molecule has 0 radical (unpaired) electrons. The smallest absolute Gasteiger partial charge is 0.261 e. The lowest BCUT2D eigenvalue weighted by molar-refractivity contribution is 0.102. The number of carbonyl (C=O) groups is 1. The average Bonchev–Trinajstić information content (AvgIpc) is 2.79.